The number of benzene rings is 3. The summed E-state index contributed by atoms with van der Waals surface area (Å²) in [5.41, 5.74) is 4.17. The number of nitrogens with one attached hydrogen (secondary N) is 1. The number of aryl methyl sites for hydroxylation is 1. The van der Waals surface area contributed by atoms with E-state index in [9.17, 15) is 14.0 Å². The van der Waals surface area contributed by atoms with Crippen molar-refractivity contribution in [1.82, 2.24) is 5.01 Å². The average molecular weight is 521 g/mol. The number of nitrogens with zero attached hydrogens (tertiary/aromatic N) is 3. The monoisotopic (exact) mass is 520 g/mol. The molecular formula is C27H22ClFN4O2S. The molecule has 2 aliphatic heterocycles. The van der Waals surface area contributed by atoms with Crippen LogP contribution in [0.2, 0.25) is 5.02 Å². The van der Waals surface area contributed by atoms with Crippen molar-refractivity contribution in [3.8, 4) is 0 Å². The number of thioether (sulfide) groups is 1. The summed E-state index contributed by atoms with van der Waals surface area (Å²) >= 11 is 7.32. The molecule has 3 aromatic carbocycles. The summed E-state index contributed by atoms with van der Waals surface area (Å²) in [6, 6.07) is 20.9. The second-order valence-electron chi connectivity index (χ2n) is 8.58. The van der Waals surface area contributed by atoms with E-state index in [1.165, 1.54) is 23.9 Å². The van der Waals surface area contributed by atoms with Gasteiger partial charge < -0.3 is 5.32 Å². The van der Waals surface area contributed by atoms with Crippen LogP contribution in [0.4, 0.5) is 10.1 Å². The number of hydrazone groups is 1. The van der Waals surface area contributed by atoms with E-state index < -0.39 is 5.25 Å². The van der Waals surface area contributed by atoms with Crippen molar-refractivity contribution in [2.24, 2.45) is 10.1 Å². The number of anilines is 1. The molecule has 5 rings (SSSR count). The van der Waals surface area contributed by atoms with Gasteiger partial charge in [-0.05, 0) is 53.9 Å². The molecule has 36 heavy (non-hydrogen) atoms. The summed E-state index contributed by atoms with van der Waals surface area (Å²) in [6.45, 7) is 1.91. The Morgan fingerprint density at radius 3 is 2.56 bits per heavy atom. The standard InChI is InChI=1S/C27H22ClFN4O2S/c1-16-4-2-3-5-21(16)30-25(34)15-24-26(35)31-27(36-24)33-23(18-6-10-19(28)11-7-18)14-22(32-33)17-8-12-20(29)13-9-17/h2-13,23-24H,14-15H2,1H3,(H,30,34)/t23-,24-/m1/s1. The molecule has 0 fully saturated rings. The summed E-state index contributed by atoms with van der Waals surface area (Å²) in [7, 11) is 0. The number of aliphatic imine (C=N–C) groups is 1. The molecular weight excluding hydrogens is 499 g/mol. The third-order valence-corrected chi connectivity index (χ3v) is 7.45. The number of para-hydroxylation sites is 1. The summed E-state index contributed by atoms with van der Waals surface area (Å²) in [6.07, 6.45) is 0.540. The van der Waals surface area contributed by atoms with Crippen molar-refractivity contribution in [1.29, 1.82) is 0 Å². The van der Waals surface area contributed by atoms with Crippen LogP contribution in [0, 0.1) is 12.7 Å². The van der Waals surface area contributed by atoms with Crippen molar-refractivity contribution in [2.45, 2.75) is 31.1 Å². The largest absolute Gasteiger partial charge is 0.326 e. The number of halogens is 2. The molecule has 0 unspecified atom stereocenters. The predicted octanol–water partition coefficient (Wildman–Crippen LogP) is 5.97. The minimum Gasteiger partial charge on any atom is -0.326 e. The maximum Gasteiger partial charge on any atom is 0.262 e. The molecule has 0 spiro atoms. The smallest absolute Gasteiger partial charge is 0.262 e. The van der Waals surface area contributed by atoms with E-state index in [1.54, 1.807) is 29.3 Å². The highest BCUT2D eigenvalue weighted by molar-refractivity contribution is 8.15. The molecule has 2 amide bonds. The van der Waals surface area contributed by atoms with Crippen LogP contribution in [0.5, 0.6) is 0 Å². The maximum absolute atomic E-state index is 13.5. The van der Waals surface area contributed by atoms with Crippen LogP contribution in [0.15, 0.2) is 82.9 Å². The first-order valence-corrected chi connectivity index (χ1v) is 12.7. The molecule has 3 aromatic rings. The first-order chi connectivity index (χ1) is 17.4. The Labute approximate surface area is 217 Å². The van der Waals surface area contributed by atoms with Crippen LogP contribution >= 0.6 is 23.4 Å². The Bertz CT molecular complexity index is 1380. The van der Waals surface area contributed by atoms with Gasteiger partial charge in [0.2, 0.25) is 5.91 Å². The molecule has 0 radical (unpaired) electrons. The lowest BCUT2D eigenvalue weighted by molar-refractivity contribution is -0.121. The Hall–Kier alpha value is -3.49. The third-order valence-electron chi connectivity index (χ3n) is 6.06. The first-order valence-electron chi connectivity index (χ1n) is 11.4. The molecule has 182 valence electrons. The van der Waals surface area contributed by atoms with Crippen molar-refractivity contribution in [2.75, 3.05) is 5.32 Å². The number of rotatable bonds is 5. The quantitative estimate of drug-likeness (QED) is 0.450. The molecule has 2 atom stereocenters. The van der Waals surface area contributed by atoms with E-state index in [1.807, 2.05) is 43.3 Å². The molecule has 0 aliphatic carbocycles. The summed E-state index contributed by atoms with van der Waals surface area (Å²) < 4.78 is 13.5. The fraction of sp³-hybridized carbons (Fsp3) is 0.185. The van der Waals surface area contributed by atoms with E-state index in [0.29, 0.717) is 16.6 Å². The summed E-state index contributed by atoms with van der Waals surface area (Å²) in [4.78, 5) is 29.7. The lowest BCUT2D eigenvalue weighted by Crippen LogP contribution is -2.25. The molecule has 0 aromatic heterocycles. The minimum atomic E-state index is -0.639. The second kappa shape index (κ2) is 10.2. The summed E-state index contributed by atoms with van der Waals surface area (Å²) in [5, 5.41) is 9.78. The fourth-order valence-corrected chi connectivity index (χ4v) is 5.32. The van der Waals surface area contributed by atoms with Gasteiger partial charge in [-0.15, -0.1) is 0 Å². The van der Waals surface area contributed by atoms with Crippen LogP contribution in [0.25, 0.3) is 0 Å². The van der Waals surface area contributed by atoms with Gasteiger partial charge in [-0.1, -0.05) is 65.8 Å². The van der Waals surface area contributed by atoms with Gasteiger partial charge in [0, 0.05) is 23.6 Å². The van der Waals surface area contributed by atoms with E-state index in [0.717, 1.165) is 28.1 Å². The van der Waals surface area contributed by atoms with Crippen LogP contribution in [0.3, 0.4) is 0 Å². The number of amides is 2. The zero-order chi connectivity index (χ0) is 25.2. The zero-order valence-corrected chi connectivity index (χ0v) is 20.9. The fourth-order valence-electron chi connectivity index (χ4n) is 4.14. The van der Waals surface area contributed by atoms with Crippen molar-refractivity contribution in [3.05, 3.63) is 100 Å². The maximum atomic E-state index is 13.5. The third kappa shape index (κ3) is 5.20. The molecule has 0 bridgehead atoms. The molecule has 9 heteroatoms. The van der Waals surface area contributed by atoms with Crippen molar-refractivity contribution < 1.29 is 14.0 Å². The van der Waals surface area contributed by atoms with Gasteiger partial charge in [-0.2, -0.15) is 10.1 Å². The molecule has 2 aliphatic rings. The Morgan fingerprint density at radius 2 is 1.83 bits per heavy atom. The molecule has 2 heterocycles. The lowest BCUT2D eigenvalue weighted by Gasteiger charge is -2.23. The zero-order valence-electron chi connectivity index (χ0n) is 19.3. The van der Waals surface area contributed by atoms with Gasteiger partial charge in [0.25, 0.3) is 5.91 Å². The van der Waals surface area contributed by atoms with Gasteiger partial charge in [0.1, 0.15) is 11.1 Å². The van der Waals surface area contributed by atoms with E-state index in [2.05, 4.69) is 10.3 Å². The molecule has 0 saturated heterocycles. The molecule has 1 N–H and O–H groups in total. The number of carbonyl (C=O) groups is 2. The van der Waals surface area contributed by atoms with Gasteiger partial charge in [0.05, 0.1) is 11.8 Å². The number of hydrogen-bond acceptors (Lipinski definition) is 5. The predicted molar refractivity (Wildman–Crippen MR) is 142 cm³/mol. The highest BCUT2D eigenvalue weighted by atomic mass is 35.5. The van der Waals surface area contributed by atoms with E-state index in [4.69, 9.17) is 16.7 Å². The molecule has 0 saturated carbocycles. The van der Waals surface area contributed by atoms with Crippen LogP contribution in [-0.2, 0) is 9.59 Å². The Kier molecular flexibility index (Phi) is 6.89. The highest BCUT2D eigenvalue weighted by Gasteiger charge is 2.39. The number of amidine groups is 1. The highest BCUT2D eigenvalue weighted by Crippen LogP contribution is 2.39. The van der Waals surface area contributed by atoms with Crippen LogP contribution in [-0.4, -0.2) is 33.0 Å². The summed E-state index contributed by atoms with van der Waals surface area (Å²) in [5.74, 6) is -0.940. The van der Waals surface area contributed by atoms with Crippen molar-refractivity contribution >= 4 is 51.7 Å². The van der Waals surface area contributed by atoms with Gasteiger partial charge in [-0.3, -0.25) is 9.59 Å². The topological polar surface area (TPSA) is 74.1 Å². The molecule has 6 nitrogen and oxygen atoms in total. The average Bonchev–Trinajstić information content (AvgIpc) is 3.45. The second-order valence-corrected chi connectivity index (χ2v) is 10.2. The van der Waals surface area contributed by atoms with Gasteiger partial charge in [-0.25, -0.2) is 9.40 Å². The van der Waals surface area contributed by atoms with Gasteiger partial charge in [0.15, 0.2) is 5.17 Å². The first kappa shape index (κ1) is 24.2. The van der Waals surface area contributed by atoms with E-state index in [-0.39, 0.29) is 30.1 Å². The van der Waals surface area contributed by atoms with Crippen molar-refractivity contribution in [3.63, 3.8) is 0 Å². The number of carbonyl (C=O) groups excluding carboxylic acids is 2. The normalized spacial score (nSPS) is 19.3. The van der Waals surface area contributed by atoms with Gasteiger partial charge >= 0.3 is 0 Å². The number of hydrogen-bond donors (Lipinski definition) is 1. The van der Waals surface area contributed by atoms with Crippen LogP contribution in [0.1, 0.15) is 35.6 Å². The van der Waals surface area contributed by atoms with E-state index >= 15 is 0 Å². The SMILES string of the molecule is Cc1ccccc1NC(=O)C[C@H]1SC(N2N=C(c3ccc(F)cc3)C[C@@H]2c2ccc(Cl)cc2)=NC1=O. The van der Waals surface area contributed by atoms with Crippen LogP contribution < -0.4 is 5.32 Å². The Balaban J connectivity index is 1.36. The Morgan fingerprint density at radius 1 is 1.11 bits per heavy atom. The lowest BCUT2D eigenvalue weighted by atomic mass is 9.99. The minimum absolute atomic E-state index is 0.00117.